The van der Waals surface area contributed by atoms with Gasteiger partial charge in [0.25, 0.3) is 0 Å². The number of rotatable bonds is 5. The summed E-state index contributed by atoms with van der Waals surface area (Å²) < 4.78 is 0. The monoisotopic (exact) mass is 242 g/mol. The Hall–Kier alpha value is -1.59. The Balaban J connectivity index is 2.58. The summed E-state index contributed by atoms with van der Waals surface area (Å²) in [4.78, 5) is 33.7. The van der Waals surface area contributed by atoms with Crippen molar-refractivity contribution in [2.24, 2.45) is 11.8 Å². The zero-order valence-electron chi connectivity index (χ0n) is 10.0. The summed E-state index contributed by atoms with van der Waals surface area (Å²) >= 11 is 0. The Morgan fingerprint density at radius 1 is 1.59 bits per heavy atom. The van der Waals surface area contributed by atoms with Crippen LogP contribution in [0.15, 0.2) is 0 Å². The molecule has 96 valence electrons. The van der Waals surface area contributed by atoms with Crippen molar-refractivity contribution in [2.45, 2.75) is 32.7 Å². The van der Waals surface area contributed by atoms with E-state index in [1.165, 1.54) is 0 Å². The molecule has 3 N–H and O–H groups in total. The molecule has 0 aliphatic carbocycles. The summed E-state index contributed by atoms with van der Waals surface area (Å²) in [6.45, 7) is 3.93. The van der Waals surface area contributed by atoms with Crippen molar-refractivity contribution >= 4 is 17.8 Å². The number of hydrogen-bond acceptors (Lipinski definition) is 3. The van der Waals surface area contributed by atoms with Crippen LogP contribution < -0.4 is 10.6 Å². The first-order valence-electron chi connectivity index (χ1n) is 5.75. The van der Waals surface area contributed by atoms with Gasteiger partial charge in [0.05, 0.1) is 5.92 Å². The number of carboxylic acids is 1. The minimum absolute atomic E-state index is 0.137. The Morgan fingerprint density at radius 2 is 2.24 bits per heavy atom. The van der Waals surface area contributed by atoms with Crippen LogP contribution in [0.2, 0.25) is 0 Å². The molecule has 1 heterocycles. The van der Waals surface area contributed by atoms with E-state index in [4.69, 9.17) is 5.11 Å². The minimum Gasteiger partial charge on any atom is -0.480 e. The fraction of sp³-hybridized carbons (Fsp3) is 0.727. The lowest BCUT2D eigenvalue weighted by Crippen LogP contribution is -2.47. The van der Waals surface area contributed by atoms with Crippen LogP contribution in [0.25, 0.3) is 0 Å². The highest BCUT2D eigenvalue weighted by molar-refractivity contribution is 5.91. The molecule has 0 bridgehead atoms. The number of aliphatic carboxylic acids is 1. The summed E-state index contributed by atoms with van der Waals surface area (Å²) in [5.41, 5.74) is 0. The molecule has 1 unspecified atom stereocenters. The Labute approximate surface area is 99.8 Å². The second-order valence-corrected chi connectivity index (χ2v) is 4.42. The van der Waals surface area contributed by atoms with Crippen LogP contribution >= 0.6 is 0 Å². The molecule has 0 aromatic rings. The molecule has 1 fully saturated rings. The van der Waals surface area contributed by atoms with Crippen LogP contribution in [-0.2, 0) is 14.4 Å². The Bertz CT molecular complexity index is 329. The first-order valence-corrected chi connectivity index (χ1v) is 5.75. The summed E-state index contributed by atoms with van der Waals surface area (Å²) in [5, 5.41) is 14.1. The third kappa shape index (κ3) is 3.44. The van der Waals surface area contributed by atoms with Gasteiger partial charge in [0.15, 0.2) is 0 Å². The van der Waals surface area contributed by atoms with Crippen LogP contribution in [-0.4, -0.2) is 35.5 Å². The molecule has 0 aromatic heterocycles. The lowest BCUT2D eigenvalue weighted by atomic mass is 9.98. The van der Waals surface area contributed by atoms with E-state index in [2.05, 4.69) is 10.6 Å². The predicted octanol–water partition coefficient (Wildman–Crippen LogP) is -0.262. The van der Waals surface area contributed by atoms with Crippen LogP contribution in [0.3, 0.4) is 0 Å². The number of nitrogens with one attached hydrogen (secondary N) is 2. The topological polar surface area (TPSA) is 95.5 Å². The van der Waals surface area contributed by atoms with Gasteiger partial charge in [0.2, 0.25) is 11.8 Å². The third-order valence-electron chi connectivity index (χ3n) is 3.13. The fourth-order valence-corrected chi connectivity index (χ4v) is 1.74. The zero-order chi connectivity index (χ0) is 13.0. The first kappa shape index (κ1) is 13.5. The zero-order valence-corrected chi connectivity index (χ0v) is 10.0. The molecular formula is C11H18N2O4. The maximum absolute atomic E-state index is 11.8. The van der Waals surface area contributed by atoms with Gasteiger partial charge in [-0.3, -0.25) is 9.59 Å². The fourth-order valence-electron chi connectivity index (χ4n) is 1.74. The van der Waals surface area contributed by atoms with E-state index in [0.29, 0.717) is 6.42 Å². The molecule has 17 heavy (non-hydrogen) atoms. The summed E-state index contributed by atoms with van der Waals surface area (Å²) in [5.74, 6) is -2.16. The highest BCUT2D eigenvalue weighted by Gasteiger charge is 2.32. The van der Waals surface area contributed by atoms with E-state index in [-0.39, 0.29) is 30.7 Å². The molecule has 6 heteroatoms. The van der Waals surface area contributed by atoms with E-state index >= 15 is 0 Å². The van der Waals surface area contributed by atoms with E-state index in [9.17, 15) is 14.4 Å². The molecule has 2 amide bonds. The van der Waals surface area contributed by atoms with Gasteiger partial charge in [-0.2, -0.15) is 0 Å². The highest BCUT2D eigenvalue weighted by Crippen LogP contribution is 2.12. The lowest BCUT2D eigenvalue weighted by molar-refractivity contribution is -0.143. The van der Waals surface area contributed by atoms with Crippen LogP contribution in [0.4, 0.5) is 0 Å². The third-order valence-corrected chi connectivity index (χ3v) is 3.13. The molecule has 1 aliphatic heterocycles. The van der Waals surface area contributed by atoms with Crippen molar-refractivity contribution in [1.29, 1.82) is 0 Å². The van der Waals surface area contributed by atoms with E-state index in [1.807, 2.05) is 6.92 Å². The summed E-state index contributed by atoms with van der Waals surface area (Å²) in [6, 6.07) is -0.886. The van der Waals surface area contributed by atoms with Crippen LogP contribution in [0.1, 0.15) is 26.7 Å². The number of carbonyl (C=O) groups is 3. The van der Waals surface area contributed by atoms with Gasteiger partial charge in [-0.1, -0.05) is 20.3 Å². The number of carboxylic acid groups (broad SMARTS) is 1. The second-order valence-electron chi connectivity index (χ2n) is 4.42. The van der Waals surface area contributed by atoms with Crippen LogP contribution in [0, 0.1) is 11.8 Å². The van der Waals surface area contributed by atoms with Crippen molar-refractivity contribution < 1.29 is 19.5 Å². The molecule has 1 aliphatic rings. The second kappa shape index (κ2) is 5.65. The molecule has 6 nitrogen and oxygen atoms in total. The van der Waals surface area contributed by atoms with E-state index in [0.717, 1.165) is 0 Å². The molecule has 0 aromatic carbocycles. The average Bonchev–Trinajstić information content (AvgIpc) is 2.71. The Kier molecular flexibility index (Phi) is 4.48. The molecule has 1 rings (SSSR count). The molecule has 0 saturated carbocycles. The minimum atomic E-state index is -1.04. The maximum Gasteiger partial charge on any atom is 0.326 e. The van der Waals surface area contributed by atoms with Crippen LogP contribution in [0.5, 0.6) is 0 Å². The molecule has 1 saturated heterocycles. The number of hydrogen-bond donors (Lipinski definition) is 3. The van der Waals surface area contributed by atoms with Gasteiger partial charge >= 0.3 is 5.97 Å². The number of amides is 2. The SMILES string of the molecule is CC[C@H](C)[C@H](NC(=O)C1CNC(=O)C1)C(=O)O. The smallest absolute Gasteiger partial charge is 0.326 e. The van der Waals surface area contributed by atoms with Gasteiger partial charge in [-0.25, -0.2) is 4.79 Å². The highest BCUT2D eigenvalue weighted by atomic mass is 16.4. The lowest BCUT2D eigenvalue weighted by Gasteiger charge is -2.21. The van der Waals surface area contributed by atoms with E-state index in [1.54, 1.807) is 6.92 Å². The van der Waals surface area contributed by atoms with E-state index < -0.39 is 17.9 Å². The first-order chi connectivity index (χ1) is 7.95. The number of carbonyl (C=O) groups excluding carboxylic acids is 2. The maximum atomic E-state index is 11.8. The predicted molar refractivity (Wildman–Crippen MR) is 60.1 cm³/mol. The molecule has 0 spiro atoms. The van der Waals surface area contributed by atoms with Crippen molar-refractivity contribution in [1.82, 2.24) is 10.6 Å². The van der Waals surface area contributed by atoms with Crippen molar-refractivity contribution in [3.05, 3.63) is 0 Å². The molecule has 0 radical (unpaired) electrons. The Morgan fingerprint density at radius 3 is 2.65 bits per heavy atom. The van der Waals surface area contributed by atoms with Crippen molar-refractivity contribution in [3.63, 3.8) is 0 Å². The van der Waals surface area contributed by atoms with Crippen molar-refractivity contribution in [3.8, 4) is 0 Å². The summed E-state index contributed by atoms with van der Waals surface area (Å²) in [7, 11) is 0. The average molecular weight is 242 g/mol. The standard InChI is InChI=1S/C11H18N2O4/c1-3-6(2)9(11(16)17)13-10(15)7-4-8(14)12-5-7/h6-7,9H,3-5H2,1-2H3,(H,12,14)(H,13,15)(H,16,17)/t6-,7?,9-/m0/s1. The van der Waals surface area contributed by atoms with Gasteiger partial charge in [0.1, 0.15) is 6.04 Å². The molecule has 3 atom stereocenters. The van der Waals surface area contributed by atoms with Gasteiger partial charge in [-0.05, 0) is 5.92 Å². The largest absolute Gasteiger partial charge is 0.480 e. The van der Waals surface area contributed by atoms with Crippen molar-refractivity contribution in [2.75, 3.05) is 6.54 Å². The van der Waals surface area contributed by atoms with Gasteiger partial charge in [0, 0.05) is 13.0 Å². The molecular weight excluding hydrogens is 224 g/mol. The quantitative estimate of drug-likeness (QED) is 0.619. The normalized spacial score (nSPS) is 22.7. The summed E-state index contributed by atoms with van der Waals surface area (Å²) in [6.07, 6.45) is 0.803. The van der Waals surface area contributed by atoms with Gasteiger partial charge in [-0.15, -0.1) is 0 Å². The van der Waals surface area contributed by atoms with Gasteiger partial charge < -0.3 is 15.7 Å².